The third kappa shape index (κ3) is 6.09. The van der Waals surface area contributed by atoms with Crippen LogP contribution in [0.15, 0.2) is 47.4 Å². The van der Waals surface area contributed by atoms with Gasteiger partial charge in [-0.25, -0.2) is 0 Å². The molecular weight excluding hydrogens is 345 g/mol. The molecule has 5 heteroatoms. The van der Waals surface area contributed by atoms with Gasteiger partial charge in [-0.05, 0) is 54.6 Å². The zero-order valence-electron chi connectivity index (χ0n) is 11.7. The van der Waals surface area contributed by atoms with E-state index in [2.05, 4.69) is 35.8 Å². The number of thioether (sulfide) groups is 1. The van der Waals surface area contributed by atoms with E-state index < -0.39 is 0 Å². The second kappa shape index (κ2) is 9.60. The lowest BCUT2D eigenvalue weighted by molar-refractivity contribution is 0.687. The standard InChI is InChI=1S/C16H17Cl2NS.ClH/c1-20-15-6-2-12(3-7-15)11-19-9-8-13-4-5-14(17)10-16(13)18;/h2-7,10,19H,8-9,11H2,1H3;1H. The summed E-state index contributed by atoms with van der Waals surface area (Å²) in [5.74, 6) is 0. The van der Waals surface area contributed by atoms with Gasteiger partial charge in [-0.3, -0.25) is 0 Å². The number of halogens is 3. The topological polar surface area (TPSA) is 12.0 Å². The van der Waals surface area contributed by atoms with E-state index in [0.29, 0.717) is 5.02 Å². The maximum atomic E-state index is 6.14. The minimum Gasteiger partial charge on any atom is -0.312 e. The highest BCUT2D eigenvalue weighted by Gasteiger charge is 2.01. The SMILES string of the molecule is CSc1ccc(CNCCc2ccc(Cl)cc2Cl)cc1.Cl. The van der Waals surface area contributed by atoms with Gasteiger partial charge in [-0.15, -0.1) is 24.2 Å². The Labute approximate surface area is 146 Å². The minimum atomic E-state index is 0. The van der Waals surface area contributed by atoms with Crippen molar-refractivity contribution in [2.24, 2.45) is 0 Å². The zero-order valence-corrected chi connectivity index (χ0v) is 14.9. The molecule has 0 aromatic heterocycles. The van der Waals surface area contributed by atoms with Crippen molar-refractivity contribution in [2.45, 2.75) is 17.9 Å². The van der Waals surface area contributed by atoms with Crippen LogP contribution < -0.4 is 5.32 Å². The van der Waals surface area contributed by atoms with E-state index >= 15 is 0 Å². The summed E-state index contributed by atoms with van der Waals surface area (Å²) in [4.78, 5) is 1.29. The van der Waals surface area contributed by atoms with Gasteiger partial charge in [0.15, 0.2) is 0 Å². The molecule has 1 nitrogen and oxygen atoms in total. The number of benzene rings is 2. The van der Waals surface area contributed by atoms with Crippen molar-refractivity contribution in [3.8, 4) is 0 Å². The van der Waals surface area contributed by atoms with Crippen LogP contribution in [0.5, 0.6) is 0 Å². The number of hydrogen-bond acceptors (Lipinski definition) is 2. The molecule has 0 atom stereocenters. The summed E-state index contributed by atoms with van der Waals surface area (Å²) < 4.78 is 0. The summed E-state index contributed by atoms with van der Waals surface area (Å²) in [5, 5.41) is 4.85. The molecule has 2 rings (SSSR count). The fourth-order valence-electron chi connectivity index (χ4n) is 1.92. The Morgan fingerprint density at radius 3 is 2.38 bits per heavy atom. The lowest BCUT2D eigenvalue weighted by Crippen LogP contribution is -2.16. The Morgan fingerprint density at radius 1 is 1.05 bits per heavy atom. The van der Waals surface area contributed by atoms with Gasteiger partial charge in [0.2, 0.25) is 0 Å². The molecule has 21 heavy (non-hydrogen) atoms. The molecule has 0 spiro atoms. The van der Waals surface area contributed by atoms with E-state index in [1.54, 1.807) is 17.8 Å². The highest BCUT2D eigenvalue weighted by Crippen LogP contribution is 2.21. The highest BCUT2D eigenvalue weighted by molar-refractivity contribution is 7.98. The van der Waals surface area contributed by atoms with E-state index in [4.69, 9.17) is 23.2 Å². The lowest BCUT2D eigenvalue weighted by Gasteiger charge is -2.07. The number of rotatable bonds is 6. The third-order valence-corrected chi connectivity index (χ3v) is 4.40. The first-order chi connectivity index (χ1) is 9.69. The normalized spacial score (nSPS) is 10.2. The molecule has 0 aliphatic rings. The van der Waals surface area contributed by atoms with Crippen molar-refractivity contribution in [1.82, 2.24) is 5.32 Å². The first-order valence-corrected chi connectivity index (χ1v) is 8.44. The molecule has 0 fully saturated rings. The van der Waals surface area contributed by atoms with Gasteiger partial charge < -0.3 is 5.32 Å². The summed E-state index contributed by atoms with van der Waals surface area (Å²) in [5.41, 5.74) is 2.42. The molecule has 0 amide bonds. The molecule has 0 heterocycles. The first kappa shape index (κ1) is 18.7. The van der Waals surface area contributed by atoms with Gasteiger partial charge in [-0.1, -0.05) is 41.4 Å². The van der Waals surface area contributed by atoms with Crippen molar-refractivity contribution < 1.29 is 0 Å². The van der Waals surface area contributed by atoms with E-state index in [-0.39, 0.29) is 12.4 Å². The van der Waals surface area contributed by atoms with Gasteiger partial charge in [0.25, 0.3) is 0 Å². The molecule has 0 aliphatic carbocycles. The van der Waals surface area contributed by atoms with Crippen LogP contribution in [0.4, 0.5) is 0 Å². The monoisotopic (exact) mass is 361 g/mol. The van der Waals surface area contributed by atoms with Crippen LogP contribution in [0.1, 0.15) is 11.1 Å². The maximum Gasteiger partial charge on any atom is 0.0453 e. The fourth-order valence-corrected chi connectivity index (χ4v) is 2.83. The van der Waals surface area contributed by atoms with Crippen LogP contribution in [0.3, 0.4) is 0 Å². The molecule has 1 N–H and O–H groups in total. The second-order valence-electron chi connectivity index (χ2n) is 4.51. The van der Waals surface area contributed by atoms with Gasteiger partial charge in [-0.2, -0.15) is 0 Å². The molecule has 114 valence electrons. The minimum absolute atomic E-state index is 0. The van der Waals surface area contributed by atoms with E-state index in [9.17, 15) is 0 Å². The van der Waals surface area contributed by atoms with Crippen molar-refractivity contribution >= 4 is 47.4 Å². The van der Waals surface area contributed by atoms with Crippen molar-refractivity contribution in [2.75, 3.05) is 12.8 Å². The van der Waals surface area contributed by atoms with Crippen LogP contribution in [0, 0.1) is 0 Å². The molecule has 0 aliphatic heterocycles. The zero-order chi connectivity index (χ0) is 14.4. The number of hydrogen-bond donors (Lipinski definition) is 1. The summed E-state index contributed by atoms with van der Waals surface area (Å²) in [7, 11) is 0. The quantitative estimate of drug-likeness (QED) is 0.540. The summed E-state index contributed by atoms with van der Waals surface area (Å²) in [6.07, 6.45) is 2.99. The third-order valence-electron chi connectivity index (χ3n) is 3.07. The number of nitrogens with one attached hydrogen (secondary N) is 1. The van der Waals surface area contributed by atoms with E-state index in [1.165, 1.54) is 10.5 Å². The Kier molecular flexibility index (Phi) is 8.53. The van der Waals surface area contributed by atoms with Gasteiger partial charge in [0.05, 0.1) is 0 Å². The summed E-state index contributed by atoms with van der Waals surface area (Å²) >= 11 is 13.8. The largest absolute Gasteiger partial charge is 0.312 e. The molecule has 2 aromatic carbocycles. The van der Waals surface area contributed by atoms with Crippen LogP contribution in [0.2, 0.25) is 10.0 Å². The summed E-state index contributed by atoms with van der Waals surface area (Å²) in [6.45, 7) is 1.77. The Balaban J connectivity index is 0.00000220. The van der Waals surface area contributed by atoms with Crippen molar-refractivity contribution in [3.63, 3.8) is 0 Å². The van der Waals surface area contributed by atoms with Crippen LogP contribution in [0.25, 0.3) is 0 Å². The smallest absolute Gasteiger partial charge is 0.0453 e. The Morgan fingerprint density at radius 2 is 1.76 bits per heavy atom. The second-order valence-corrected chi connectivity index (χ2v) is 6.23. The van der Waals surface area contributed by atoms with Crippen molar-refractivity contribution in [1.29, 1.82) is 0 Å². The predicted molar refractivity (Wildman–Crippen MR) is 97.3 cm³/mol. The Hall–Kier alpha value is -0.380. The average molecular weight is 363 g/mol. The molecule has 0 saturated heterocycles. The van der Waals surface area contributed by atoms with Gasteiger partial charge in [0.1, 0.15) is 0 Å². The lowest BCUT2D eigenvalue weighted by atomic mass is 10.1. The van der Waals surface area contributed by atoms with E-state index in [1.807, 2.05) is 12.1 Å². The Bertz CT molecular complexity index is 558. The van der Waals surface area contributed by atoms with Gasteiger partial charge >= 0.3 is 0 Å². The first-order valence-electron chi connectivity index (χ1n) is 6.46. The van der Waals surface area contributed by atoms with Crippen LogP contribution in [-0.4, -0.2) is 12.8 Å². The summed E-state index contributed by atoms with van der Waals surface area (Å²) in [6, 6.07) is 14.3. The molecule has 0 radical (unpaired) electrons. The van der Waals surface area contributed by atoms with Crippen LogP contribution in [-0.2, 0) is 13.0 Å². The molecular formula is C16H18Cl3NS. The van der Waals surface area contributed by atoms with Gasteiger partial charge in [0, 0.05) is 21.5 Å². The molecule has 0 unspecified atom stereocenters. The predicted octanol–water partition coefficient (Wildman–Crippen LogP) is 5.47. The van der Waals surface area contributed by atoms with Crippen LogP contribution >= 0.6 is 47.4 Å². The maximum absolute atomic E-state index is 6.14. The molecule has 0 bridgehead atoms. The van der Waals surface area contributed by atoms with Crippen molar-refractivity contribution in [3.05, 3.63) is 63.6 Å². The average Bonchev–Trinajstić information content (AvgIpc) is 2.46. The molecule has 0 saturated carbocycles. The molecule has 2 aromatic rings. The van der Waals surface area contributed by atoms with E-state index in [0.717, 1.165) is 30.1 Å². The highest BCUT2D eigenvalue weighted by atomic mass is 35.5. The fraction of sp³-hybridized carbons (Fsp3) is 0.250.